The highest BCUT2D eigenvalue weighted by Crippen LogP contribution is 2.30. The van der Waals surface area contributed by atoms with E-state index in [1.165, 1.54) is 13.2 Å². The van der Waals surface area contributed by atoms with Gasteiger partial charge in [-0.2, -0.15) is 0 Å². The van der Waals surface area contributed by atoms with Crippen molar-refractivity contribution in [3.8, 4) is 23.0 Å². The van der Waals surface area contributed by atoms with Crippen molar-refractivity contribution in [3.05, 3.63) is 89.5 Å². The van der Waals surface area contributed by atoms with Crippen molar-refractivity contribution in [1.82, 2.24) is 0 Å². The summed E-state index contributed by atoms with van der Waals surface area (Å²) in [6.45, 7) is 0.423. The summed E-state index contributed by atoms with van der Waals surface area (Å²) < 4.78 is 21.8. The third-order valence-corrected chi connectivity index (χ3v) is 4.53. The van der Waals surface area contributed by atoms with Crippen LogP contribution < -0.4 is 18.9 Å². The number of ketones is 1. The molecular formula is C25H24O5. The first-order valence-electron chi connectivity index (χ1n) is 9.44. The standard InChI is InChI=1S/C25H24O5/c1-27-20-11-12-21(24(16-20)29-3)22(26)13-9-18-10-14-23(28-2)25(15-18)30-17-19-7-5-4-6-8-19/h4-16H,17H2,1-3H3. The SMILES string of the molecule is COc1ccc(C(=O)C=Cc2ccc(OC)c(OCc3ccccc3)c2)c(OC)c1. The highest BCUT2D eigenvalue weighted by Gasteiger charge is 2.11. The molecule has 3 rings (SSSR count). The Morgan fingerprint density at radius 3 is 2.27 bits per heavy atom. The van der Waals surface area contributed by atoms with Gasteiger partial charge in [-0.25, -0.2) is 0 Å². The van der Waals surface area contributed by atoms with Gasteiger partial charge in [-0.3, -0.25) is 4.79 Å². The molecule has 0 N–H and O–H groups in total. The largest absolute Gasteiger partial charge is 0.497 e. The van der Waals surface area contributed by atoms with E-state index in [-0.39, 0.29) is 5.78 Å². The van der Waals surface area contributed by atoms with E-state index < -0.39 is 0 Å². The van der Waals surface area contributed by atoms with Gasteiger partial charge in [0.25, 0.3) is 0 Å². The number of hydrogen-bond donors (Lipinski definition) is 0. The minimum atomic E-state index is -0.169. The fourth-order valence-electron chi connectivity index (χ4n) is 2.91. The van der Waals surface area contributed by atoms with Crippen LogP contribution in [0.5, 0.6) is 23.0 Å². The molecule has 3 aromatic rings. The summed E-state index contributed by atoms with van der Waals surface area (Å²) in [6.07, 6.45) is 3.24. The molecule has 0 aliphatic carbocycles. The van der Waals surface area contributed by atoms with Gasteiger partial charge >= 0.3 is 0 Å². The molecule has 5 heteroatoms. The van der Waals surface area contributed by atoms with Crippen LogP contribution in [0.15, 0.2) is 72.8 Å². The Labute approximate surface area is 176 Å². The second-order valence-corrected chi connectivity index (χ2v) is 6.45. The zero-order valence-corrected chi connectivity index (χ0v) is 17.3. The van der Waals surface area contributed by atoms with E-state index in [4.69, 9.17) is 18.9 Å². The van der Waals surface area contributed by atoms with Crippen LogP contribution in [-0.2, 0) is 6.61 Å². The lowest BCUT2D eigenvalue weighted by Crippen LogP contribution is -2.00. The Morgan fingerprint density at radius 2 is 1.57 bits per heavy atom. The second-order valence-electron chi connectivity index (χ2n) is 6.45. The number of carbonyl (C=O) groups is 1. The van der Waals surface area contributed by atoms with E-state index in [9.17, 15) is 4.79 Å². The Hall–Kier alpha value is -3.73. The maximum Gasteiger partial charge on any atom is 0.189 e. The number of ether oxygens (including phenoxy) is 4. The van der Waals surface area contributed by atoms with Crippen LogP contribution in [0.4, 0.5) is 0 Å². The van der Waals surface area contributed by atoms with Crippen molar-refractivity contribution in [2.75, 3.05) is 21.3 Å². The van der Waals surface area contributed by atoms with Crippen LogP contribution in [-0.4, -0.2) is 27.1 Å². The van der Waals surface area contributed by atoms with Crippen molar-refractivity contribution >= 4 is 11.9 Å². The maximum atomic E-state index is 12.7. The third kappa shape index (κ3) is 5.20. The van der Waals surface area contributed by atoms with Gasteiger partial charge < -0.3 is 18.9 Å². The van der Waals surface area contributed by atoms with Crippen molar-refractivity contribution in [3.63, 3.8) is 0 Å². The van der Waals surface area contributed by atoms with E-state index in [1.54, 1.807) is 38.5 Å². The summed E-state index contributed by atoms with van der Waals surface area (Å²) >= 11 is 0. The number of methoxy groups -OCH3 is 3. The molecule has 0 atom stereocenters. The summed E-state index contributed by atoms with van der Waals surface area (Å²) in [7, 11) is 4.69. The predicted octanol–water partition coefficient (Wildman–Crippen LogP) is 5.19. The van der Waals surface area contributed by atoms with Crippen LogP contribution in [0, 0.1) is 0 Å². The molecule has 154 valence electrons. The van der Waals surface area contributed by atoms with E-state index in [2.05, 4.69) is 0 Å². The first-order chi connectivity index (χ1) is 14.6. The zero-order valence-electron chi connectivity index (χ0n) is 17.3. The van der Waals surface area contributed by atoms with Crippen molar-refractivity contribution in [2.24, 2.45) is 0 Å². The quantitative estimate of drug-likeness (QED) is 0.363. The minimum Gasteiger partial charge on any atom is -0.497 e. The van der Waals surface area contributed by atoms with Crippen LogP contribution in [0.1, 0.15) is 21.5 Å². The number of hydrogen-bond acceptors (Lipinski definition) is 5. The predicted molar refractivity (Wildman–Crippen MR) is 117 cm³/mol. The van der Waals surface area contributed by atoms with Crippen molar-refractivity contribution in [1.29, 1.82) is 0 Å². The van der Waals surface area contributed by atoms with Gasteiger partial charge in [0.05, 0.1) is 26.9 Å². The molecule has 0 fully saturated rings. The van der Waals surface area contributed by atoms with Gasteiger partial charge in [0, 0.05) is 6.07 Å². The van der Waals surface area contributed by atoms with E-state index in [1.807, 2.05) is 48.5 Å². The summed E-state index contributed by atoms with van der Waals surface area (Å²) in [5.74, 6) is 2.16. The number of carbonyl (C=O) groups excluding carboxylic acids is 1. The molecule has 0 bridgehead atoms. The first kappa shape index (κ1) is 21.0. The average molecular weight is 404 g/mol. The lowest BCUT2D eigenvalue weighted by Gasteiger charge is -2.11. The van der Waals surface area contributed by atoms with Gasteiger partial charge in [-0.1, -0.05) is 42.5 Å². The molecule has 3 aromatic carbocycles. The summed E-state index contributed by atoms with van der Waals surface area (Å²) in [6, 6.07) is 20.5. The van der Waals surface area contributed by atoms with E-state index >= 15 is 0 Å². The molecule has 0 aromatic heterocycles. The average Bonchev–Trinajstić information content (AvgIpc) is 2.81. The Bertz CT molecular complexity index is 1020. The molecular weight excluding hydrogens is 380 g/mol. The summed E-state index contributed by atoms with van der Waals surface area (Å²) in [5, 5.41) is 0. The molecule has 0 saturated carbocycles. The molecule has 0 saturated heterocycles. The third-order valence-electron chi connectivity index (χ3n) is 4.53. The fourth-order valence-corrected chi connectivity index (χ4v) is 2.91. The highest BCUT2D eigenvalue weighted by molar-refractivity contribution is 6.08. The molecule has 0 unspecified atom stereocenters. The van der Waals surface area contributed by atoms with Crippen LogP contribution in [0.25, 0.3) is 6.08 Å². The number of benzene rings is 3. The fraction of sp³-hybridized carbons (Fsp3) is 0.160. The molecule has 0 aliphatic heterocycles. The second kappa shape index (κ2) is 10.2. The van der Waals surface area contributed by atoms with E-state index in [0.717, 1.165) is 11.1 Å². The van der Waals surface area contributed by atoms with Crippen LogP contribution >= 0.6 is 0 Å². The summed E-state index contributed by atoms with van der Waals surface area (Å²) in [5.41, 5.74) is 2.34. The van der Waals surface area contributed by atoms with Crippen molar-refractivity contribution in [2.45, 2.75) is 6.61 Å². The number of rotatable bonds is 9. The van der Waals surface area contributed by atoms with E-state index in [0.29, 0.717) is 35.2 Å². The molecule has 30 heavy (non-hydrogen) atoms. The number of allylic oxidation sites excluding steroid dienone is 1. The van der Waals surface area contributed by atoms with Gasteiger partial charge in [0.15, 0.2) is 17.3 Å². The smallest absolute Gasteiger partial charge is 0.189 e. The van der Waals surface area contributed by atoms with Gasteiger partial charge in [0.2, 0.25) is 0 Å². The Balaban J connectivity index is 1.77. The first-order valence-corrected chi connectivity index (χ1v) is 9.44. The van der Waals surface area contributed by atoms with Gasteiger partial charge in [-0.05, 0) is 41.5 Å². The van der Waals surface area contributed by atoms with Crippen LogP contribution in [0.2, 0.25) is 0 Å². The summed E-state index contributed by atoms with van der Waals surface area (Å²) in [4.78, 5) is 12.7. The molecule has 5 nitrogen and oxygen atoms in total. The van der Waals surface area contributed by atoms with Crippen LogP contribution in [0.3, 0.4) is 0 Å². The monoisotopic (exact) mass is 404 g/mol. The molecule has 0 amide bonds. The normalized spacial score (nSPS) is 10.6. The van der Waals surface area contributed by atoms with Gasteiger partial charge in [-0.15, -0.1) is 0 Å². The van der Waals surface area contributed by atoms with Crippen molar-refractivity contribution < 1.29 is 23.7 Å². The lowest BCUT2D eigenvalue weighted by molar-refractivity contribution is 0.104. The molecule has 0 radical (unpaired) electrons. The molecule has 0 aliphatic rings. The Morgan fingerprint density at radius 1 is 0.800 bits per heavy atom. The highest BCUT2D eigenvalue weighted by atomic mass is 16.5. The minimum absolute atomic E-state index is 0.169. The molecule has 0 heterocycles. The maximum absolute atomic E-state index is 12.7. The lowest BCUT2D eigenvalue weighted by atomic mass is 10.1. The molecule has 0 spiro atoms. The van der Waals surface area contributed by atoms with Gasteiger partial charge in [0.1, 0.15) is 18.1 Å². The zero-order chi connectivity index (χ0) is 21.3. The Kier molecular flexibility index (Phi) is 7.11. The topological polar surface area (TPSA) is 54.0 Å².